The van der Waals surface area contributed by atoms with Crippen molar-refractivity contribution in [1.29, 1.82) is 0 Å². The third-order valence-electron chi connectivity index (χ3n) is 12.8. The number of rotatable bonds is 9. The van der Waals surface area contributed by atoms with E-state index < -0.39 is 0 Å². The van der Waals surface area contributed by atoms with Gasteiger partial charge in [-0.15, -0.1) is 0 Å². The zero-order valence-electron chi connectivity index (χ0n) is 36.7. The highest BCUT2D eigenvalue weighted by atomic mass is 15.0. The first-order chi connectivity index (χ1) is 33.2. The van der Waals surface area contributed by atoms with Gasteiger partial charge in [0.1, 0.15) is 5.52 Å². The number of hydrogen-bond acceptors (Lipinski definition) is 2. The van der Waals surface area contributed by atoms with Crippen LogP contribution in [0.4, 0.5) is 0 Å². The SMILES string of the molecule is c1ccc(-c2cc(-c3ccccc3)cc(-c3cccc(-c4cccc(-c5ccc(-c6nc(-c7cccc(-c8ccccc8)c7)c7c(n6)c6ccccc6n7-c6ccccc6)cc5)c4)c3)c2)cc1. The van der Waals surface area contributed by atoms with Gasteiger partial charge >= 0.3 is 0 Å². The summed E-state index contributed by atoms with van der Waals surface area (Å²) in [6.07, 6.45) is 0. The van der Waals surface area contributed by atoms with E-state index in [2.05, 4.69) is 265 Å². The minimum Gasteiger partial charge on any atom is -0.306 e. The van der Waals surface area contributed by atoms with E-state index in [0.717, 1.165) is 72.3 Å². The second-order valence-electron chi connectivity index (χ2n) is 17.0. The Kier molecular flexibility index (Phi) is 10.2. The minimum absolute atomic E-state index is 0.687. The lowest BCUT2D eigenvalue weighted by molar-refractivity contribution is 1.15. The smallest absolute Gasteiger partial charge is 0.160 e. The van der Waals surface area contributed by atoms with Gasteiger partial charge in [0.15, 0.2) is 5.82 Å². The topological polar surface area (TPSA) is 30.7 Å². The normalized spacial score (nSPS) is 11.3. The summed E-state index contributed by atoms with van der Waals surface area (Å²) in [5.41, 5.74) is 21.0. The Hall–Kier alpha value is -8.92. The first-order valence-electron chi connectivity index (χ1n) is 22.8. The van der Waals surface area contributed by atoms with E-state index in [9.17, 15) is 0 Å². The zero-order valence-corrected chi connectivity index (χ0v) is 36.7. The van der Waals surface area contributed by atoms with E-state index in [1.165, 1.54) is 38.9 Å². The average Bonchev–Trinajstić information content (AvgIpc) is 3.76. The second kappa shape index (κ2) is 17.2. The summed E-state index contributed by atoms with van der Waals surface area (Å²) in [6.45, 7) is 0. The first-order valence-corrected chi connectivity index (χ1v) is 22.8. The average molecular weight is 854 g/mol. The van der Waals surface area contributed by atoms with Gasteiger partial charge in [-0.1, -0.05) is 206 Å². The van der Waals surface area contributed by atoms with E-state index >= 15 is 0 Å². The van der Waals surface area contributed by atoms with Crippen LogP contribution in [-0.4, -0.2) is 14.5 Å². The largest absolute Gasteiger partial charge is 0.306 e. The highest BCUT2D eigenvalue weighted by molar-refractivity contribution is 6.11. The van der Waals surface area contributed by atoms with Gasteiger partial charge in [-0.25, -0.2) is 9.97 Å². The highest BCUT2D eigenvalue weighted by Gasteiger charge is 2.21. The number of aromatic nitrogens is 3. The molecule has 0 saturated carbocycles. The Morgan fingerprint density at radius 3 is 1.16 bits per heavy atom. The van der Waals surface area contributed by atoms with Crippen molar-refractivity contribution in [3.8, 4) is 95.1 Å². The molecule has 0 radical (unpaired) electrons. The second-order valence-corrected chi connectivity index (χ2v) is 17.0. The summed E-state index contributed by atoms with van der Waals surface area (Å²) in [7, 11) is 0. The van der Waals surface area contributed by atoms with Crippen molar-refractivity contribution in [3.63, 3.8) is 0 Å². The van der Waals surface area contributed by atoms with Crippen molar-refractivity contribution in [2.24, 2.45) is 0 Å². The Morgan fingerprint density at radius 2 is 0.612 bits per heavy atom. The van der Waals surface area contributed by atoms with Crippen molar-refractivity contribution >= 4 is 21.9 Å². The number of fused-ring (bicyclic) bond motifs is 3. The van der Waals surface area contributed by atoms with Crippen LogP contribution in [0.2, 0.25) is 0 Å². The van der Waals surface area contributed by atoms with Crippen LogP contribution in [0.25, 0.3) is 117 Å². The van der Waals surface area contributed by atoms with Crippen LogP contribution in [0.15, 0.2) is 261 Å². The minimum atomic E-state index is 0.687. The van der Waals surface area contributed by atoms with Crippen LogP contribution in [-0.2, 0) is 0 Å². The maximum absolute atomic E-state index is 5.46. The zero-order chi connectivity index (χ0) is 44.5. The summed E-state index contributed by atoms with van der Waals surface area (Å²) in [5, 5.41) is 1.09. The van der Waals surface area contributed by atoms with E-state index in [-0.39, 0.29) is 0 Å². The van der Waals surface area contributed by atoms with E-state index in [4.69, 9.17) is 9.97 Å². The molecule has 2 heterocycles. The Bertz CT molecular complexity index is 3650. The molecular weight excluding hydrogens is 811 g/mol. The third-order valence-corrected chi connectivity index (χ3v) is 12.8. The number of para-hydroxylation sites is 2. The summed E-state index contributed by atoms with van der Waals surface area (Å²) in [6, 6.07) is 93.0. The summed E-state index contributed by atoms with van der Waals surface area (Å²) in [4.78, 5) is 10.8. The molecule has 0 bridgehead atoms. The molecule has 3 nitrogen and oxygen atoms in total. The van der Waals surface area contributed by atoms with E-state index in [1.807, 2.05) is 0 Å². The molecule has 0 amide bonds. The van der Waals surface area contributed by atoms with Gasteiger partial charge in [-0.05, 0) is 121 Å². The lowest BCUT2D eigenvalue weighted by Gasteiger charge is -2.13. The molecule has 12 aromatic rings. The lowest BCUT2D eigenvalue weighted by atomic mass is 9.92. The van der Waals surface area contributed by atoms with Crippen LogP contribution in [0.1, 0.15) is 0 Å². The molecule has 3 heteroatoms. The fourth-order valence-corrected chi connectivity index (χ4v) is 9.45. The monoisotopic (exact) mass is 853 g/mol. The van der Waals surface area contributed by atoms with Crippen LogP contribution < -0.4 is 0 Å². The number of benzene rings is 10. The number of nitrogens with zero attached hydrogens (tertiary/aromatic N) is 3. The first kappa shape index (κ1) is 39.7. The maximum Gasteiger partial charge on any atom is 0.160 e. The van der Waals surface area contributed by atoms with Crippen molar-refractivity contribution in [2.75, 3.05) is 0 Å². The molecule has 0 N–H and O–H groups in total. The standard InChI is InChI=1S/C64H43N3/c1-5-18-44(19-6-1)50-25-17-29-54(40-50)61-63-62(59-32-13-14-33-60(59)67(63)58-30-11-4-12-31-58)66-64(65-61)48-36-34-47(35-37-48)49-24-15-26-51(38-49)52-27-16-28-53(39-52)57-42-55(45-20-7-2-8-21-45)41-56(43-57)46-22-9-3-10-23-46/h1-43H. The molecule has 0 atom stereocenters. The fourth-order valence-electron chi connectivity index (χ4n) is 9.45. The van der Waals surface area contributed by atoms with Crippen LogP contribution in [0.3, 0.4) is 0 Å². The van der Waals surface area contributed by atoms with Crippen LogP contribution >= 0.6 is 0 Å². The van der Waals surface area contributed by atoms with Gasteiger partial charge in [0.2, 0.25) is 0 Å². The maximum atomic E-state index is 5.46. The Labute approximate surface area is 390 Å². The Balaban J connectivity index is 0.923. The van der Waals surface area contributed by atoms with E-state index in [0.29, 0.717) is 5.82 Å². The fraction of sp³-hybridized carbons (Fsp3) is 0. The molecule has 0 fully saturated rings. The molecule has 314 valence electrons. The molecule has 0 saturated heterocycles. The molecule has 0 aliphatic rings. The molecule has 0 aliphatic carbocycles. The summed E-state index contributed by atoms with van der Waals surface area (Å²) >= 11 is 0. The van der Waals surface area contributed by atoms with Crippen molar-refractivity contribution in [1.82, 2.24) is 14.5 Å². The van der Waals surface area contributed by atoms with E-state index in [1.54, 1.807) is 0 Å². The number of hydrogen-bond donors (Lipinski definition) is 0. The van der Waals surface area contributed by atoms with Gasteiger partial charge in [-0.2, -0.15) is 0 Å². The van der Waals surface area contributed by atoms with Crippen molar-refractivity contribution in [3.05, 3.63) is 261 Å². The molecule has 12 rings (SSSR count). The van der Waals surface area contributed by atoms with Crippen LogP contribution in [0, 0.1) is 0 Å². The van der Waals surface area contributed by atoms with Gasteiger partial charge in [-0.3, -0.25) is 0 Å². The highest BCUT2D eigenvalue weighted by Crippen LogP contribution is 2.40. The quantitative estimate of drug-likeness (QED) is 0.145. The van der Waals surface area contributed by atoms with Gasteiger partial charge < -0.3 is 4.57 Å². The molecule has 0 spiro atoms. The molecule has 10 aromatic carbocycles. The predicted molar refractivity (Wildman–Crippen MR) is 280 cm³/mol. The Morgan fingerprint density at radius 1 is 0.254 bits per heavy atom. The van der Waals surface area contributed by atoms with Gasteiger partial charge in [0, 0.05) is 22.2 Å². The summed E-state index contributed by atoms with van der Waals surface area (Å²) < 4.78 is 2.31. The molecule has 0 unspecified atom stereocenters. The predicted octanol–water partition coefficient (Wildman–Crippen LogP) is 16.9. The van der Waals surface area contributed by atoms with Gasteiger partial charge in [0.25, 0.3) is 0 Å². The third kappa shape index (κ3) is 7.69. The molecule has 67 heavy (non-hydrogen) atoms. The molecule has 2 aromatic heterocycles. The lowest BCUT2D eigenvalue weighted by Crippen LogP contribution is -2.00. The molecule has 0 aliphatic heterocycles. The van der Waals surface area contributed by atoms with Crippen molar-refractivity contribution in [2.45, 2.75) is 0 Å². The van der Waals surface area contributed by atoms with Crippen molar-refractivity contribution < 1.29 is 0 Å². The van der Waals surface area contributed by atoms with Crippen LogP contribution in [0.5, 0.6) is 0 Å². The van der Waals surface area contributed by atoms with Gasteiger partial charge in [0.05, 0.1) is 16.7 Å². The molecular formula is C64H43N3. The summed E-state index contributed by atoms with van der Waals surface area (Å²) in [5.74, 6) is 0.687.